The van der Waals surface area contributed by atoms with E-state index in [4.69, 9.17) is 4.74 Å². The standard InChI is InChI=1S/C22H21FN2O2/c23-17-8-5-15(6-9-17)16-7-10-18(25-12-16)13-24-14-19-11-21(26)20-3-1-2-4-22(20)27-19/h1-10,12,19,21,24,26H,11,13-14H2/t19-,21?/m0/s1. The molecule has 4 nitrogen and oxygen atoms in total. The predicted octanol–water partition coefficient (Wildman–Crippen LogP) is 3.86. The van der Waals surface area contributed by atoms with E-state index in [-0.39, 0.29) is 11.9 Å². The lowest BCUT2D eigenvalue weighted by Crippen LogP contribution is -2.35. The number of aliphatic hydroxyl groups excluding tert-OH is 1. The van der Waals surface area contributed by atoms with Crippen LogP contribution in [0.25, 0.3) is 11.1 Å². The van der Waals surface area contributed by atoms with E-state index in [2.05, 4.69) is 10.3 Å². The smallest absolute Gasteiger partial charge is 0.125 e. The maximum Gasteiger partial charge on any atom is 0.125 e. The molecule has 2 N–H and O–H groups in total. The van der Waals surface area contributed by atoms with Crippen LogP contribution in [-0.4, -0.2) is 22.7 Å². The number of hydrogen-bond acceptors (Lipinski definition) is 4. The van der Waals surface area contributed by atoms with Crippen molar-refractivity contribution in [3.8, 4) is 16.9 Å². The third-order valence-electron chi connectivity index (χ3n) is 4.74. The number of fused-ring (bicyclic) bond motifs is 1. The molecule has 138 valence electrons. The molecule has 1 aromatic heterocycles. The minimum absolute atomic E-state index is 0.0756. The summed E-state index contributed by atoms with van der Waals surface area (Å²) in [5, 5.41) is 13.6. The van der Waals surface area contributed by atoms with Gasteiger partial charge in [0, 0.05) is 36.8 Å². The highest BCUT2D eigenvalue weighted by molar-refractivity contribution is 5.62. The molecule has 0 saturated carbocycles. The van der Waals surface area contributed by atoms with Crippen LogP contribution >= 0.6 is 0 Å². The number of aromatic nitrogens is 1. The largest absolute Gasteiger partial charge is 0.489 e. The van der Waals surface area contributed by atoms with Gasteiger partial charge in [-0.25, -0.2) is 4.39 Å². The van der Waals surface area contributed by atoms with Gasteiger partial charge in [-0.2, -0.15) is 0 Å². The fraction of sp³-hybridized carbons (Fsp3) is 0.227. The van der Waals surface area contributed by atoms with Crippen molar-refractivity contribution in [3.63, 3.8) is 0 Å². The molecular formula is C22H21FN2O2. The first-order chi connectivity index (χ1) is 13.2. The Morgan fingerprint density at radius 3 is 2.59 bits per heavy atom. The minimum Gasteiger partial charge on any atom is -0.489 e. The van der Waals surface area contributed by atoms with E-state index in [1.165, 1.54) is 12.1 Å². The molecule has 2 heterocycles. The number of halogens is 1. The molecule has 0 amide bonds. The van der Waals surface area contributed by atoms with E-state index < -0.39 is 6.10 Å². The van der Waals surface area contributed by atoms with Crippen molar-refractivity contribution in [2.24, 2.45) is 0 Å². The summed E-state index contributed by atoms with van der Waals surface area (Å²) < 4.78 is 19.0. The maximum atomic E-state index is 13.0. The fourth-order valence-corrected chi connectivity index (χ4v) is 3.30. The van der Waals surface area contributed by atoms with Crippen molar-refractivity contribution in [1.82, 2.24) is 10.3 Å². The van der Waals surface area contributed by atoms with Crippen LogP contribution in [0.3, 0.4) is 0 Å². The van der Waals surface area contributed by atoms with Crippen LogP contribution in [0, 0.1) is 5.82 Å². The van der Waals surface area contributed by atoms with Crippen LogP contribution < -0.4 is 10.1 Å². The van der Waals surface area contributed by atoms with Gasteiger partial charge < -0.3 is 15.2 Å². The van der Waals surface area contributed by atoms with Gasteiger partial charge in [-0.3, -0.25) is 4.98 Å². The highest BCUT2D eigenvalue weighted by Gasteiger charge is 2.26. The lowest BCUT2D eigenvalue weighted by atomic mass is 9.99. The molecule has 5 heteroatoms. The summed E-state index contributed by atoms with van der Waals surface area (Å²) in [6.07, 6.45) is 1.80. The first-order valence-corrected chi connectivity index (χ1v) is 9.04. The van der Waals surface area contributed by atoms with E-state index >= 15 is 0 Å². The van der Waals surface area contributed by atoms with Crippen molar-refractivity contribution in [1.29, 1.82) is 0 Å². The third-order valence-corrected chi connectivity index (χ3v) is 4.74. The quantitative estimate of drug-likeness (QED) is 0.722. The van der Waals surface area contributed by atoms with Crippen LogP contribution in [0.5, 0.6) is 5.75 Å². The number of benzene rings is 2. The summed E-state index contributed by atoms with van der Waals surface area (Å²) in [6, 6.07) is 17.9. The monoisotopic (exact) mass is 364 g/mol. The summed E-state index contributed by atoms with van der Waals surface area (Å²) in [4.78, 5) is 4.46. The molecule has 3 aromatic rings. The van der Waals surface area contributed by atoms with Crippen LogP contribution in [0.1, 0.15) is 23.8 Å². The zero-order valence-corrected chi connectivity index (χ0v) is 14.8. The van der Waals surface area contributed by atoms with Crippen molar-refractivity contribution >= 4 is 0 Å². The molecule has 1 unspecified atom stereocenters. The molecule has 0 radical (unpaired) electrons. The Balaban J connectivity index is 1.31. The van der Waals surface area contributed by atoms with E-state index in [1.54, 1.807) is 18.3 Å². The highest BCUT2D eigenvalue weighted by atomic mass is 19.1. The summed E-state index contributed by atoms with van der Waals surface area (Å²) in [6.45, 7) is 1.24. The molecule has 2 aromatic carbocycles. The number of aliphatic hydroxyl groups is 1. The predicted molar refractivity (Wildman–Crippen MR) is 102 cm³/mol. The third kappa shape index (κ3) is 4.15. The average Bonchev–Trinajstić information content (AvgIpc) is 2.69. The SMILES string of the molecule is OC1C[C@@H](CNCc2ccc(-c3ccc(F)cc3)cn2)Oc2ccccc21. The van der Waals surface area contributed by atoms with Crippen molar-refractivity contribution < 1.29 is 14.2 Å². The molecule has 0 bridgehead atoms. The van der Waals surface area contributed by atoms with Gasteiger partial charge in [-0.1, -0.05) is 36.4 Å². The summed E-state index contributed by atoms with van der Waals surface area (Å²) in [5.41, 5.74) is 3.66. The van der Waals surface area contributed by atoms with Crippen molar-refractivity contribution in [2.75, 3.05) is 6.54 Å². The number of nitrogens with zero attached hydrogens (tertiary/aromatic N) is 1. The normalized spacial score (nSPS) is 18.6. The molecule has 0 spiro atoms. The van der Waals surface area contributed by atoms with E-state index in [0.29, 0.717) is 19.5 Å². The number of rotatable bonds is 5. The van der Waals surface area contributed by atoms with Crippen LogP contribution in [0.15, 0.2) is 66.9 Å². The summed E-state index contributed by atoms with van der Waals surface area (Å²) in [7, 11) is 0. The second-order valence-electron chi connectivity index (χ2n) is 6.71. The molecular weight excluding hydrogens is 343 g/mol. The van der Waals surface area contributed by atoms with E-state index in [0.717, 1.165) is 28.1 Å². The molecule has 0 aliphatic carbocycles. The Kier molecular flexibility index (Phi) is 5.14. The van der Waals surface area contributed by atoms with Crippen LogP contribution in [-0.2, 0) is 6.54 Å². The molecule has 4 rings (SSSR count). The highest BCUT2D eigenvalue weighted by Crippen LogP contribution is 2.34. The minimum atomic E-state index is -0.491. The summed E-state index contributed by atoms with van der Waals surface area (Å²) >= 11 is 0. The Morgan fingerprint density at radius 1 is 1.04 bits per heavy atom. The average molecular weight is 364 g/mol. The van der Waals surface area contributed by atoms with E-state index in [9.17, 15) is 9.50 Å². The maximum absolute atomic E-state index is 13.0. The van der Waals surface area contributed by atoms with Gasteiger partial charge in [-0.05, 0) is 29.8 Å². The van der Waals surface area contributed by atoms with Crippen LogP contribution in [0.2, 0.25) is 0 Å². The molecule has 2 atom stereocenters. The second-order valence-corrected chi connectivity index (χ2v) is 6.71. The van der Waals surface area contributed by atoms with E-state index in [1.807, 2.05) is 36.4 Å². The van der Waals surface area contributed by atoms with Gasteiger partial charge in [0.25, 0.3) is 0 Å². The number of hydrogen-bond donors (Lipinski definition) is 2. The Hall–Kier alpha value is -2.76. The van der Waals surface area contributed by atoms with Crippen molar-refractivity contribution in [3.05, 3.63) is 83.9 Å². The second kappa shape index (κ2) is 7.86. The fourth-order valence-electron chi connectivity index (χ4n) is 3.30. The number of para-hydroxylation sites is 1. The van der Waals surface area contributed by atoms with Gasteiger partial charge in [-0.15, -0.1) is 0 Å². The first kappa shape index (κ1) is 17.6. The topological polar surface area (TPSA) is 54.4 Å². The zero-order valence-electron chi connectivity index (χ0n) is 14.8. The van der Waals surface area contributed by atoms with Crippen molar-refractivity contribution in [2.45, 2.75) is 25.2 Å². The molecule has 1 aliphatic rings. The lowest BCUT2D eigenvalue weighted by Gasteiger charge is -2.29. The number of ether oxygens (including phenoxy) is 1. The van der Waals surface area contributed by atoms with Gasteiger partial charge in [0.2, 0.25) is 0 Å². The van der Waals surface area contributed by atoms with Crippen LogP contribution in [0.4, 0.5) is 4.39 Å². The molecule has 0 saturated heterocycles. The number of nitrogens with one attached hydrogen (secondary N) is 1. The first-order valence-electron chi connectivity index (χ1n) is 9.04. The van der Waals surface area contributed by atoms with Gasteiger partial charge in [0.15, 0.2) is 0 Å². The Labute approximate surface area is 157 Å². The molecule has 0 fully saturated rings. The zero-order chi connectivity index (χ0) is 18.6. The Morgan fingerprint density at radius 2 is 1.81 bits per heavy atom. The Bertz CT molecular complexity index is 897. The van der Waals surface area contributed by atoms with Gasteiger partial charge >= 0.3 is 0 Å². The molecule has 27 heavy (non-hydrogen) atoms. The summed E-state index contributed by atoms with van der Waals surface area (Å²) in [5.74, 6) is 0.509. The van der Waals surface area contributed by atoms with Gasteiger partial charge in [0.1, 0.15) is 17.7 Å². The number of pyridine rings is 1. The molecule has 1 aliphatic heterocycles. The lowest BCUT2D eigenvalue weighted by molar-refractivity contribution is 0.0657. The van der Waals surface area contributed by atoms with Gasteiger partial charge in [0.05, 0.1) is 11.8 Å².